The SMILES string of the molecule is O=C(Cc1nc(=O)n(Cc2ccc(F)cc2)s1)c1ccc(Cl)cc1. The molecule has 3 aromatic rings. The number of rotatable bonds is 5. The van der Waals surface area contributed by atoms with Crippen molar-refractivity contribution in [1.29, 1.82) is 0 Å². The monoisotopic (exact) mass is 362 g/mol. The van der Waals surface area contributed by atoms with Gasteiger partial charge < -0.3 is 0 Å². The van der Waals surface area contributed by atoms with Gasteiger partial charge >= 0.3 is 5.69 Å². The number of Topliss-reactive ketones (excluding diaryl/α,β-unsaturated/α-hetero) is 1. The van der Waals surface area contributed by atoms with Crippen LogP contribution in [-0.2, 0) is 13.0 Å². The van der Waals surface area contributed by atoms with Crippen LogP contribution in [0.1, 0.15) is 20.9 Å². The molecule has 0 saturated heterocycles. The molecule has 1 aromatic heterocycles. The van der Waals surface area contributed by atoms with Crippen molar-refractivity contribution in [2.24, 2.45) is 0 Å². The van der Waals surface area contributed by atoms with E-state index in [1.54, 1.807) is 36.4 Å². The summed E-state index contributed by atoms with van der Waals surface area (Å²) in [5.41, 5.74) is 0.896. The molecule has 7 heteroatoms. The lowest BCUT2D eigenvalue weighted by Crippen LogP contribution is -2.16. The minimum absolute atomic E-state index is 0.0535. The van der Waals surface area contributed by atoms with Crippen LogP contribution in [0.25, 0.3) is 0 Å². The van der Waals surface area contributed by atoms with E-state index < -0.39 is 5.69 Å². The molecule has 0 aliphatic carbocycles. The van der Waals surface area contributed by atoms with Gasteiger partial charge in [-0.3, -0.25) is 4.79 Å². The molecule has 0 bridgehead atoms. The van der Waals surface area contributed by atoms with Crippen LogP contribution in [0.2, 0.25) is 5.02 Å². The zero-order chi connectivity index (χ0) is 17.1. The molecular weight excluding hydrogens is 351 g/mol. The molecule has 0 saturated carbocycles. The first kappa shape index (κ1) is 16.5. The second kappa shape index (κ2) is 7.07. The van der Waals surface area contributed by atoms with Gasteiger partial charge in [-0.2, -0.15) is 4.98 Å². The Labute approximate surface area is 146 Å². The molecule has 0 aliphatic rings. The third-order valence-electron chi connectivity index (χ3n) is 3.37. The van der Waals surface area contributed by atoms with Gasteiger partial charge in [0.25, 0.3) is 0 Å². The van der Waals surface area contributed by atoms with Gasteiger partial charge in [0.05, 0.1) is 13.0 Å². The van der Waals surface area contributed by atoms with Gasteiger partial charge in [-0.05, 0) is 53.5 Å². The van der Waals surface area contributed by atoms with Crippen molar-refractivity contribution >= 4 is 28.9 Å². The van der Waals surface area contributed by atoms with Gasteiger partial charge in [0.2, 0.25) is 0 Å². The predicted octanol–water partition coefficient (Wildman–Crippen LogP) is 3.57. The average molecular weight is 363 g/mol. The molecule has 3 rings (SSSR count). The van der Waals surface area contributed by atoms with Crippen molar-refractivity contribution in [2.45, 2.75) is 13.0 Å². The Balaban J connectivity index is 1.74. The Hall–Kier alpha value is -2.31. The quantitative estimate of drug-likeness (QED) is 0.652. The summed E-state index contributed by atoms with van der Waals surface area (Å²) in [6.45, 7) is 0.298. The number of carbonyl (C=O) groups excluding carboxylic acids is 1. The Morgan fingerprint density at radius 3 is 2.46 bits per heavy atom. The topological polar surface area (TPSA) is 52.0 Å². The summed E-state index contributed by atoms with van der Waals surface area (Å²) in [7, 11) is 0. The van der Waals surface area contributed by atoms with Crippen molar-refractivity contribution in [3.63, 3.8) is 0 Å². The number of halogens is 2. The van der Waals surface area contributed by atoms with Crippen molar-refractivity contribution in [3.05, 3.63) is 86.0 Å². The van der Waals surface area contributed by atoms with Crippen LogP contribution in [0.5, 0.6) is 0 Å². The van der Waals surface area contributed by atoms with Gasteiger partial charge in [0.1, 0.15) is 10.8 Å². The molecule has 0 N–H and O–H groups in total. The molecular formula is C17H12ClFN2O2S. The maximum Gasteiger partial charge on any atom is 0.358 e. The van der Waals surface area contributed by atoms with Crippen molar-refractivity contribution in [1.82, 2.24) is 8.94 Å². The highest BCUT2D eigenvalue weighted by Crippen LogP contribution is 2.14. The molecule has 122 valence electrons. The number of benzene rings is 2. The zero-order valence-corrected chi connectivity index (χ0v) is 14.0. The van der Waals surface area contributed by atoms with Crippen LogP contribution in [-0.4, -0.2) is 14.7 Å². The maximum absolute atomic E-state index is 12.9. The van der Waals surface area contributed by atoms with Gasteiger partial charge in [-0.1, -0.05) is 23.7 Å². The largest absolute Gasteiger partial charge is 0.358 e. The van der Waals surface area contributed by atoms with E-state index in [1.165, 1.54) is 16.1 Å². The molecule has 0 radical (unpaired) electrons. The first-order valence-corrected chi connectivity index (χ1v) is 8.26. The third kappa shape index (κ3) is 3.96. The minimum atomic E-state index is -0.414. The van der Waals surface area contributed by atoms with Gasteiger partial charge in [-0.15, -0.1) is 0 Å². The van der Waals surface area contributed by atoms with E-state index in [0.29, 0.717) is 22.1 Å². The van der Waals surface area contributed by atoms with E-state index in [0.717, 1.165) is 17.1 Å². The first-order chi connectivity index (χ1) is 11.5. The number of ketones is 1. The molecule has 0 spiro atoms. The van der Waals surface area contributed by atoms with E-state index in [9.17, 15) is 14.0 Å². The van der Waals surface area contributed by atoms with Gasteiger partial charge in [0.15, 0.2) is 5.78 Å². The van der Waals surface area contributed by atoms with E-state index in [4.69, 9.17) is 11.6 Å². The lowest BCUT2D eigenvalue weighted by Gasteiger charge is -2.00. The van der Waals surface area contributed by atoms with Crippen molar-refractivity contribution in [2.75, 3.05) is 0 Å². The fourth-order valence-electron chi connectivity index (χ4n) is 2.15. The highest BCUT2D eigenvalue weighted by Gasteiger charge is 2.13. The fraction of sp³-hybridized carbons (Fsp3) is 0.118. The zero-order valence-electron chi connectivity index (χ0n) is 12.4. The van der Waals surface area contributed by atoms with Crippen LogP contribution >= 0.6 is 23.1 Å². The summed E-state index contributed by atoms with van der Waals surface area (Å²) >= 11 is 6.93. The molecule has 4 nitrogen and oxygen atoms in total. The molecule has 24 heavy (non-hydrogen) atoms. The van der Waals surface area contributed by atoms with Crippen LogP contribution in [0.3, 0.4) is 0 Å². The molecule has 0 fully saturated rings. The van der Waals surface area contributed by atoms with Crippen molar-refractivity contribution < 1.29 is 9.18 Å². The normalized spacial score (nSPS) is 10.8. The third-order valence-corrected chi connectivity index (χ3v) is 4.57. The average Bonchev–Trinajstić information content (AvgIpc) is 2.89. The summed E-state index contributed by atoms with van der Waals surface area (Å²) < 4.78 is 14.4. The van der Waals surface area contributed by atoms with E-state index >= 15 is 0 Å². The summed E-state index contributed by atoms with van der Waals surface area (Å²) in [5.74, 6) is -0.459. The van der Waals surface area contributed by atoms with Crippen LogP contribution < -0.4 is 5.69 Å². The molecule has 1 heterocycles. The fourth-order valence-corrected chi connectivity index (χ4v) is 3.18. The molecule has 2 aromatic carbocycles. The predicted molar refractivity (Wildman–Crippen MR) is 91.4 cm³/mol. The standard InChI is InChI=1S/C17H12ClFN2O2S/c18-13-5-3-12(4-6-13)15(22)9-16-20-17(23)21(24-16)10-11-1-7-14(19)8-2-11/h1-8H,9-10H2. The van der Waals surface area contributed by atoms with Crippen LogP contribution in [0.4, 0.5) is 4.39 Å². The van der Waals surface area contributed by atoms with E-state index in [1.807, 2.05) is 0 Å². The van der Waals surface area contributed by atoms with E-state index in [2.05, 4.69) is 4.98 Å². The molecule has 0 amide bonds. The Kier molecular flexibility index (Phi) is 4.87. The number of carbonyl (C=O) groups is 1. The van der Waals surface area contributed by atoms with Crippen LogP contribution in [0, 0.1) is 5.82 Å². The Morgan fingerprint density at radius 1 is 1.12 bits per heavy atom. The highest BCUT2D eigenvalue weighted by molar-refractivity contribution is 7.06. The smallest absolute Gasteiger partial charge is 0.294 e. The number of aromatic nitrogens is 2. The number of nitrogens with zero attached hydrogens (tertiary/aromatic N) is 2. The number of hydrogen-bond acceptors (Lipinski definition) is 4. The highest BCUT2D eigenvalue weighted by atomic mass is 35.5. The lowest BCUT2D eigenvalue weighted by molar-refractivity contribution is 0.0993. The first-order valence-electron chi connectivity index (χ1n) is 7.11. The summed E-state index contributed by atoms with van der Waals surface area (Å²) in [5, 5.41) is 1.00. The van der Waals surface area contributed by atoms with Gasteiger partial charge in [-0.25, -0.2) is 13.1 Å². The second-order valence-electron chi connectivity index (χ2n) is 5.15. The van der Waals surface area contributed by atoms with E-state index in [-0.39, 0.29) is 18.0 Å². The van der Waals surface area contributed by atoms with Crippen LogP contribution in [0.15, 0.2) is 53.3 Å². The lowest BCUT2D eigenvalue weighted by atomic mass is 10.1. The van der Waals surface area contributed by atoms with Gasteiger partial charge in [0, 0.05) is 10.6 Å². The number of hydrogen-bond donors (Lipinski definition) is 0. The summed E-state index contributed by atoms with van der Waals surface area (Å²) in [6.07, 6.45) is 0.0535. The molecule has 0 atom stereocenters. The Morgan fingerprint density at radius 2 is 1.79 bits per heavy atom. The second-order valence-corrected chi connectivity index (χ2v) is 6.68. The maximum atomic E-state index is 12.9. The molecule has 0 unspecified atom stereocenters. The Bertz CT molecular complexity index is 917. The minimum Gasteiger partial charge on any atom is -0.294 e. The van der Waals surface area contributed by atoms with Crippen molar-refractivity contribution in [3.8, 4) is 0 Å². The molecule has 0 aliphatic heterocycles. The summed E-state index contributed by atoms with van der Waals surface area (Å²) in [6, 6.07) is 12.5. The summed E-state index contributed by atoms with van der Waals surface area (Å²) in [4.78, 5) is 28.1.